The Hall–Kier alpha value is -1.06. The molecule has 0 aromatic heterocycles. The van der Waals surface area contributed by atoms with Gasteiger partial charge in [-0.05, 0) is 30.2 Å². The smallest absolute Gasteiger partial charge is 0.119 e. The van der Waals surface area contributed by atoms with Crippen molar-refractivity contribution in [3.8, 4) is 5.75 Å². The molecule has 0 radical (unpaired) electrons. The van der Waals surface area contributed by atoms with Crippen LogP contribution < -0.4 is 10.5 Å². The molecule has 1 aromatic carbocycles. The fourth-order valence-corrected chi connectivity index (χ4v) is 2.50. The Balaban J connectivity index is 2.63. The van der Waals surface area contributed by atoms with E-state index in [2.05, 4.69) is 31.7 Å². The summed E-state index contributed by atoms with van der Waals surface area (Å²) in [6.07, 6.45) is 2.47. The third-order valence-electron chi connectivity index (χ3n) is 4.10. The number of likely N-dealkylation sites (N-methyl/N-ethyl adjacent to an activating group) is 1. The molecule has 0 aliphatic carbocycles. The van der Waals surface area contributed by atoms with Gasteiger partial charge in [-0.2, -0.15) is 0 Å². The first-order valence-electron chi connectivity index (χ1n) is 7.76. The Bertz CT molecular complexity index is 377. The second kappa shape index (κ2) is 8.98. The van der Waals surface area contributed by atoms with Crippen molar-refractivity contribution in [2.24, 2.45) is 11.7 Å². The molecule has 0 saturated heterocycles. The molecule has 0 amide bonds. The maximum absolute atomic E-state index is 6.36. The molecule has 3 nitrogen and oxygen atoms in total. The molecule has 0 saturated carbocycles. The van der Waals surface area contributed by atoms with Gasteiger partial charge in [0.15, 0.2) is 0 Å². The van der Waals surface area contributed by atoms with Crippen molar-refractivity contribution >= 4 is 0 Å². The highest BCUT2D eigenvalue weighted by atomic mass is 16.5. The molecule has 1 rings (SSSR count). The highest BCUT2D eigenvalue weighted by Crippen LogP contribution is 2.19. The van der Waals surface area contributed by atoms with Gasteiger partial charge in [0, 0.05) is 19.1 Å². The van der Waals surface area contributed by atoms with E-state index >= 15 is 0 Å². The summed E-state index contributed by atoms with van der Waals surface area (Å²) in [6, 6.07) is 8.12. The molecule has 0 spiro atoms. The Morgan fingerprint density at radius 2 is 1.85 bits per heavy atom. The zero-order chi connectivity index (χ0) is 15.0. The van der Waals surface area contributed by atoms with Crippen molar-refractivity contribution in [3.63, 3.8) is 0 Å². The quantitative estimate of drug-likeness (QED) is 0.752. The summed E-state index contributed by atoms with van der Waals surface area (Å²) in [5.41, 5.74) is 7.50. The number of nitrogens with zero attached hydrogens (tertiary/aromatic N) is 1. The molecular formula is C17H30N2O. The molecule has 1 unspecified atom stereocenters. The van der Waals surface area contributed by atoms with Crippen LogP contribution in [0.4, 0.5) is 0 Å². The second-order valence-corrected chi connectivity index (χ2v) is 5.42. The number of hydrogen-bond acceptors (Lipinski definition) is 3. The maximum Gasteiger partial charge on any atom is 0.119 e. The molecular weight excluding hydrogens is 248 g/mol. The SMILES string of the molecule is CCC(CC)CN(CC)CC(N)c1cccc(OC)c1. The van der Waals surface area contributed by atoms with Gasteiger partial charge in [0.2, 0.25) is 0 Å². The number of methoxy groups -OCH3 is 1. The van der Waals surface area contributed by atoms with E-state index in [4.69, 9.17) is 10.5 Å². The average molecular weight is 278 g/mol. The van der Waals surface area contributed by atoms with Crippen molar-refractivity contribution in [3.05, 3.63) is 29.8 Å². The summed E-state index contributed by atoms with van der Waals surface area (Å²) in [5.74, 6) is 1.65. The van der Waals surface area contributed by atoms with Gasteiger partial charge in [0.1, 0.15) is 5.75 Å². The lowest BCUT2D eigenvalue weighted by Crippen LogP contribution is -2.35. The number of benzene rings is 1. The number of nitrogens with two attached hydrogens (primary N) is 1. The van der Waals surface area contributed by atoms with Crippen molar-refractivity contribution in [2.45, 2.75) is 39.7 Å². The van der Waals surface area contributed by atoms with Crippen LogP contribution in [0.15, 0.2) is 24.3 Å². The standard InChI is InChI=1S/C17H30N2O/c1-5-14(6-2)12-19(7-3)13-17(18)15-9-8-10-16(11-15)20-4/h8-11,14,17H,5-7,12-13,18H2,1-4H3. The summed E-state index contributed by atoms with van der Waals surface area (Å²) in [6.45, 7) is 9.84. The van der Waals surface area contributed by atoms with Gasteiger partial charge in [-0.25, -0.2) is 0 Å². The molecule has 20 heavy (non-hydrogen) atoms. The normalized spacial score (nSPS) is 12.9. The Morgan fingerprint density at radius 3 is 2.40 bits per heavy atom. The van der Waals surface area contributed by atoms with Gasteiger partial charge in [-0.1, -0.05) is 45.7 Å². The Kier molecular flexibility index (Phi) is 7.63. The van der Waals surface area contributed by atoms with Gasteiger partial charge in [0.05, 0.1) is 7.11 Å². The van der Waals surface area contributed by atoms with Crippen LogP contribution in [0, 0.1) is 5.92 Å². The number of rotatable bonds is 9. The van der Waals surface area contributed by atoms with Crippen molar-refractivity contribution in [1.82, 2.24) is 4.90 Å². The molecule has 0 bridgehead atoms. The molecule has 0 aliphatic heterocycles. The summed E-state index contributed by atoms with van der Waals surface area (Å²) in [7, 11) is 1.69. The minimum absolute atomic E-state index is 0.0411. The summed E-state index contributed by atoms with van der Waals surface area (Å²) in [4.78, 5) is 2.46. The van der Waals surface area contributed by atoms with E-state index in [1.54, 1.807) is 7.11 Å². The van der Waals surface area contributed by atoms with Gasteiger partial charge in [-0.15, -0.1) is 0 Å². The topological polar surface area (TPSA) is 38.5 Å². The van der Waals surface area contributed by atoms with E-state index in [0.717, 1.165) is 36.9 Å². The minimum atomic E-state index is 0.0411. The van der Waals surface area contributed by atoms with E-state index in [-0.39, 0.29) is 6.04 Å². The molecule has 114 valence electrons. The monoisotopic (exact) mass is 278 g/mol. The maximum atomic E-state index is 6.36. The van der Waals surface area contributed by atoms with Crippen LogP contribution in [0.5, 0.6) is 5.75 Å². The molecule has 0 fully saturated rings. The van der Waals surface area contributed by atoms with Crippen molar-refractivity contribution < 1.29 is 4.74 Å². The highest BCUT2D eigenvalue weighted by molar-refractivity contribution is 5.30. The van der Waals surface area contributed by atoms with Gasteiger partial charge < -0.3 is 15.4 Å². The van der Waals surface area contributed by atoms with Crippen LogP contribution in [0.2, 0.25) is 0 Å². The van der Waals surface area contributed by atoms with E-state index in [0.29, 0.717) is 0 Å². The molecule has 2 N–H and O–H groups in total. The van der Waals surface area contributed by atoms with Crippen LogP contribution in [0.1, 0.15) is 45.2 Å². The predicted octanol–water partition coefficient (Wildman–Crippen LogP) is 3.45. The second-order valence-electron chi connectivity index (χ2n) is 5.42. The first-order chi connectivity index (χ1) is 9.64. The fourth-order valence-electron chi connectivity index (χ4n) is 2.50. The van der Waals surface area contributed by atoms with Crippen LogP contribution in [-0.2, 0) is 0 Å². The van der Waals surface area contributed by atoms with Gasteiger partial charge in [0.25, 0.3) is 0 Å². The minimum Gasteiger partial charge on any atom is -0.497 e. The third kappa shape index (κ3) is 5.14. The molecule has 1 atom stereocenters. The predicted molar refractivity (Wildman–Crippen MR) is 86.1 cm³/mol. The van der Waals surface area contributed by atoms with Crippen molar-refractivity contribution in [2.75, 3.05) is 26.7 Å². The third-order valence-corrected chi connectivity index (χ3v) is 4.10. The average Bonchev–Trinajstić information content (AvgIpc) is 2.51. The van der Waals surface area contributed by atoms with Crippen LogP contribution in [0.3, 0.4) is 0 Å². The zero-order valence-corrected chi connectivity index (χ0v) is 13.4. The van der Waals surface area contributed by atoms with E-state index in [1.807, 2.05) is 18.2 Å². The largest absolute Gasteiger partial charge is 0.497 e. The Labute approximate surface area is 124 Å². The number of ether oxygens (including phenoxy) is 1. The molecule has 0 aliphatic rings. The van der Waals surface area contributed by atoms with E-state index in [1.165, 1.54) is 12.8 Å². The van der Waals surface area contributed by atoms with E-state index < -0.39 is 0 Å². The molecule has 1 aromatic rings. The van der Waals surface area contributed by atoms with E-state index in [9.17, 15) is 0 Å². The number of hydrogen-bond donors (Lipinski definition) is 1. The lowest BCUT2D eigenvalue weighted by Gasteiger charge is -2.28. The van der Waals surface area contributed by atoms with Crippen LogP contribution >= 0.6 is 0 Å². The van der Waals surface area contributed by atoms with Gasteiger partial charge >= 0.3 is 0 Å². The van der Waals surface area contributed by atoms with Crippen LogP contribution in [0.25, 0.3) is 0 Å². The van der Waals surface area contributed by atoms with Crippen molar-refractivity contribution in [1.29, 1.82) is 0 Å². The lowest BCUT2D eigenvalue weighted by atomic mass is 10.0. The lowest BCUT2D eigenvalue weighted by molar-refractivity contribution is 0.221. The zero-order valence-electron chi connectivity index (χ0n) is 13.4. The molecule has 3 heteroatoms. The summed E-state index contributed by atoms with van der Waals surface area (Å²) < 4.78 is 5.27. The Morgan fingerprint density at radius 1 is 1.15 bits per heavy atom. The fraction of sp³-hybridized carbons (Fsp3) is 0.647. The molecule has 0 heterocycles. The van der Waals surface area contributed by atoms with Crippen LogP contribution in [-0.4, -0.2) is 31.6 Å². The first-order valence-corrected chi connectivity index (χ1v) is 7.76. The summed E-state index contributed by atoms with van der Waals surface area (Å²) >= 11 is 0. The van der Waals surface area contributed by atoms with Gasteiger partial charge in [-0.3, -0.25) is 0 Å². The summed E-state index contributed by atoms with van der Waals surface area (Å²) in [5, 5.41) is 0. The first kappa shape index (κ1) is 17.0. The highest BCUT2D eigenvalue weighted by Gasteiger charge is 2.14.